The molecule has 0 aliphatic heterocycles. The molecular weight excluding hydrogens is 367 g/mol. The number of nitrogens with zero attached hydrogens (tertiary/aromatic N) is 1. The van der Waals surface area contributed by atoms with Gasteiger partial charge >= 0.3 is 0 Å². The number of benzene rings is 1. The van der Waals surface area contributed by atoms with E-state index in [0.29, 0.717) is 6.61 Å². The Kier molecular flexibility index (Phi) is 7.65. The van der Waals surface area contributed by atoms with Crippen molar-refractivity contribution in [2.75, 3.05) is 20.7 Å². The third-order valence-corrected chi connectivity index (χ3v) is 5.59. The van der Waals surface area contributed by atoms with Gasteiger partial charge in [-0.3, -0.25) is 9.52 Å². The Balaban J connectivity index is 1.91. The van der Waals surface area contributed by atoms with E-state index < -0.39 is 22.9 Å². The van der Waals surface area contributed by atoms with E-state index in [1.807, 2.05) is 0 Å². The topological polar surface area (TPSA) is 58.6 Å². The second-order valence-corrected chi connectivity index (χ2v) is 8.24. The highest BCUT2D eigenvalue weighted by Crippen LogP contribution is 2.30. The summed E-state index contributed by atoms with van der Waals surface area (Å²) >= 11 is 4.36. The number of hydrogen-bond acceptors (Lipinski definition) is 3. The first-order valence-electron chi connectivity index (χ1n) is 8.40. The molecule has 140 valence electrons. The Morgan fingerprint density at radius 1 is 1.40 bits per heavy atom. The number of halogens is 2. The fourth-order valence-electron chi connectivity index (χ4n) is 2.89. The summed E-state index contributed by atoms with van der Waals surface area (Å²) in [4.78, 5) is 12.0. The molecular formula is C17H24ClFN2O3S. The lowest BCUT2D eigenvalue weighted by Gasteiger charge is -2.13. The molecule has 0 aromatic heterocycles. The van der Waals surface area contributed by atoms with Gasteiger partial charge in [-0.25, -0.2) is 12.9 Å². The van der Waals surface area contributed by atoms with Gasteiger partial charge in [0.1, 0.15) is 11.6 Å². The molecule has 1 unspecified atom stereocenters. The van der Waals surface area contributed by atoms with Crippen molar-refractivity contribution >= 4 is 28.7 Å². The first-order valence-corrected chi connectivity index (χ1v) is 9.89. The fraction of sp³-hybridized carbons (Fsp3) is 0.588. The van der Waals surface area contributed by atoms with Crippen LogP contribution in [-0.2, 0) is 11.2 Å². The first kappa shape index (κ1) is 20.1. The summed E-state index contributed by atoms with van der Waals surface area (Å²) in [5.74, 6) is -0.557. The Morgan fingerprint density at radius 2 is 2.08 bits per heavy atom. The number of hydrogen-bond donors (Lipinski definition) is 1. The van der Waals surface area contributed by atoms with Crippen molar-refractivity contribution in [2.45, 2.75) is 38.5 Å². The second kappa shape index (κ2) is 9.50. The van der Waals surface area contributed by atoms with Crippen molar-refractivity contribution in [1.29, 1.82) is 0 Å². The molecule has 1 aromatic carbocycles. The molecule has 1 N–H and O–H groups in total. The molecule has 0 spiro atoms. The van der Waals surface area contributed by atoms with Crippen LogP contribution in [0.25, 0.3) is 0 Å². The zero-order chi connectivity index (χ0) is 18.4. The molecule has 0 saturated heterocycles. The zero-order valence-corrected chi connectivity index (χ0v) is 16.1. The maximum Gasteiger partial charge on any atom is 0.266 e. The Labute approximate surface area is 155 Å². The average molecular weight is 391 g/mol. The van der Waals surface area contributed by atoms with E-state index in [4.69, 9.17) is 16.3 Å². The predicted octanol–water partition coefficient (Wildman–Crippen LogP) is 3.70. The van der Waals surface area contributed by atoms with Crippen molar-refractivity contribution in [2.24, 2.45) is 5.92 Å². The number of nitrogens with one attached hydrogen (secondary N) is 1. The Morgan fingerprint density at radius 3 is 2.72 bits per heavy atom. The van der Waals surface area contributed by atoms with Crippen LogP contribution in [0.3, 0.4) is 0 Å². The van der Waals surface area contributed by atoms with Gasteiger partial charge in [-0.2, -0.15) is 0 Å². The molecule has 8 heteroatoms. The largest absolute Gasteiger partial charge is 0.492 e. The number of ether oxygens (including phenoxy) is 1. The van der Waals surface area contributed by atoms with Crippen LogP contribution in [-0.4, -0.2) is 35.1 Å². The van der Waals surface area contributed by atoms with Crippen LogP contribution in [0, 0.1) is 11.7 Å². The average Bonchev–Trinajstić information content (AvgIpc) is 3.07. The minimum atomic E-state index is -1.74. The number of carbonyl (C=O) groups is 1. The van der Waals surface area contributed by atoms with Crippen molar-refractivity contribution in [1.82, 2.24) is 9.03 Å². The van der Waals surface area contributed by atoms with Crippen molar-refractivity contribution in [3.8, 4) is 5.75 Å². The summed E-state index contributed by atoms with van der Waals surface area (Å²) < 4.78 is 34.8. The van der Waals surface area contributed by atoms with E-state index in [0.717, 1.165) is 24.8 Å². The maximum absolute atomic E-state index is 14.2. The Bertz CT molecular complexity index is 637. The summed E-state index contributed by atoms with van der Waals surface area (Å²) in [6.45, 7) is 0.464. The quantitative estimate of drug-likeness (QED) is 0.688. The van der Waals surface area contributed by atoms with Crippen LogP contribution >= 0.6 is 11.6 Å². The van der Waals surface area contributed by atoms with Crippen LogP contribution in [0.1, 0.15) is 48.9 Å². The molecule has 1 fully saturated rings. The van der Waals surface area contributed by atoms with Gasteiger partial charge < -0.3 is 4.74 Å². The van der Waals surface area contributed by atoms with Gasteiger partial charge in [0.2, 0.25) is 0 Å². The fourth-order valence-corrected chi connectivity index (χ4v) is 3.56. The van der Waals surface area contributed by atoms with Gasteiger partial charge in [0.15, 0.2) is 11.2 Å². The highest BCUT2D eigenvalue weighted by molar-refractivity contribution is 7.81. The summed E-state index contributed by atoms with van der Waals surface area (Å²) in [5, 5.41) is 0.156. The molecule has 2 rings (SSSR count). The van der Waals surface area contributed by atoms with Crippen LogP contribution in [0.4, 0.5) is 4.39 Å². The van der Waals surface area contributed by atoms with Gasteiger partial charge in [0, 0.05) is 20.2 Å². The molecule has 25 heavy (non-hydrogen) atoms. The van der Waals surface area contributed by atoms with Crippen molar-refractivity contribution in [3.63, 3.8) is 0 Å². The number of rotatable bonds is 8. The standard InChI is InChI=1S/C17H24ClFN2O3S/c1-21(2)25(23)20-17(22)13-10-14(18)16(11-15(13)19)24-9-5-8-12-6-3-4-7-12/h10-12H,3-9H2,1-2H3,(H,20,22). The van der Waals surface area contributed by atoms with E-state index in [2.05, 4.69) is 4.72 Å². The smallest absolute Gasteiger partial charge is 0.266 e. The van der Waals surface area contributed by atoms with Crippen LogP contribution in [0.15, 0.2) is 12.1 Å². The highest BCUT2D eigenvalue weighted by Gasteiger charge is 2.19. The summed E-state index contributed by atoms with van der Waals surface area (Å²) in [5.41, 5.74) is -0.265. The maximum atomic E-state index is 14.2. The van der Waals surface area contributed by atoms with Crippen molar-refractivity contribution in [3.05, 3.63) is 28.5 Å². The van der Waals surface area contributed by atoms with Gasteiger partial charge in [-0.05, 0) is 24.8 Å². The second-order valence-electron chi connectivity index (χ2n) is 6.40. The molecule has 1 saturated carbocycles. The van der Waals surface area contributed by atoms with Gasteiger partial charge in [-0.15, -0.1) is 0 Å². The molecule has 1 amide bonds. The molecule has 1 aromatic rings. The van der Waals surface area contributed by atoms with Gasteiger partial charge in [0.05, 0.1) is 17.2 Å². The molecule has 0 heterocycles. The lowest BCUT2D eigenvalue weighted by molar-refractivity contribution is 0.0977. The molecule has 0 radical (unpaired) electrons. The van der Waals surface area contributed by atoms with E-state index in [-0.39, 0.29) is 16.3 Å². The lowest BCUT2D eigenvalue weighted by atomic mass is 10.0. The minimum absolute atomic E-state index is 0.156. The number of amides is 1. The van der Waals surface area contributed by atoms with E-state index in [1.165, 1.54) is 50.2 Å². The predicted molar refractivity (Wildman–Crippen MR) is 97.4 cm³/mol. The molecule has 1 aliphatic carbocycles. The van der Waals surface area contributed by atoms with Crippen molar-refractivity contribution < 1.29 is 18.1 Å². The third-order valence-electron chi connectivity index (χ3n) is 4.27. The number of carbonyl (C=O) groups excluding carboxylic acids is 1. The summed E-state index contributed by atoms with van der Waals surface area (Å²) in [6.07, 6.45) is 7.19. The molecule has 1 aliphatic rings. The monoisotopic (exact) mass is 390 g/mol. The summed E-state index contributed by atoms with van der Waals surface area (Å²) in [6, 6.07) is 2.30. The van der Waals surface area contributed by atoms with Crippen LogP contribution < -0.4 is 9.46 Å². The van der Waals surface area contributed by atoms with Gasteiger partial charge in [-0.1, -0.05) is 37.3 Å². The van der Waals surface area contributed by atoms with Crippen LogP contribution in [0.2, 0.25) is 5.02 Å². The van der Waals surface area contributed by atoms with Crippen LogP contribution in [0.5, 0.6) is 5.75 Å². The summed E-state index contributed by atoms with van der Waals surface area (Å²) in [7, 11) is 3.06. The first-order chi connectivity index (χ1) is 11.9. The van der Waals surface area contributed by atoms with E-state index in [1.54, 1.807) is 0 Å². The lowest BCUT2D eigenvalue weighted by Crippen LogP contribution is -2.34. The van der Waals surface area contributed by atoms with E-state index >= 15 is 0 Å². The zero-order valence-electron chi connectivity index (χ0n) is 14.5. The SMILES string of the molecule is CN(C)S(=O)NC(=O)c1cc(Cl)c(OCCCC2CCCC2)cc1F. The van der Waals surface area contributed by atoms with E-state index in [9.17, 15) is 13.4 Å². The Hall–Kier alpha value is -1.18. The third kappa shape index (κ3) is 5.94. The highest BCUT2D eigenvalue weighted by atomic mass is 35.5. The normalized spacial score (nSPS) is 16.2. The van der Waals surface area contributed by atoms with Gasteiger partial charge in [0.25, 0.3) is 5.91 Å². The molecule has 5 nitrogen and oxygen atoms in total. The minimum Gasteiger partial charge on any atom is -0.492 e. The molecule has 1 atom stereocenters. The molecule has 0 bridgehead atoms.